The number of benzene rings is 2. The van der Waals surface area contributed by atoms with Gasteiger partial charge in [0, 0.05) is 5.56 Å². The molecule has 1 aliphatic heterocycles. The number of ether oxygens (including phenoxy) is 1. The number of carbonyl (C=O) groups is 1. The molecular formula is C17H18N2O2. The third-order valence-electron chi connectivity index (χ3n) is 3.73. The van der Waals surface area contributed by atoms with Gasteiger partial charge in [-0.05, 0) is 24.6 Å². The summed E-state index contributed by atoms with van der Waals surface area (Å²) in [5.41, 5.74) is 8.90. The zero-order valence-corrected chi connectivity index (χ0v) is 12.0. The molecule has 2 aromatic carbocycles. The van der Waals surface area contributed by atoms with E-state index in [4.69, 9.17) is 10.5 Å². The van der Waals surface area contributed by atoms with Crippen LogP contribution in [-0.2, 0) is 4.79 Å². The molecule has 0 fully saturated rings. The maximum Gasteiger partial charge on any atom is 0.248 e. The molecule has 108 valence electrons. The lowest BCUT2D eigenvalue weighted by Crippen LogP contribution is -2.35. The van der Waals surface area contributed by atoms with Crippen LogP contribution in [0, 0.1) is 6.92 Å². The molecule has 1 unspecified atom stereocenters. The molecule has 0 radical (unpaired) electrons. The molecule has 0 bridgehead atoms. The first kappa shape index (κ1) is 13.6. The zero-order chi connectivity index (χ0) is 14.8. The number of anilines is 1. The van der Waals surface area contributed by atoms with Gasteiger partial charge in [-0.1, -0.05) is 36.4 Å². The normalized spacial score (nSPS) is 17.0. The van der Waals surface area contributed by atoms with Crippen molar-refractivity contribution in [2.24, 2.45) is 5.73 Å². The van der Waals surface area contributed by atoms with Crippen LogP contribution < -0.4 is 15.4 Å². The van der Waals surface area contributed by atoms with Crippen molar-refractivity contribution in [3.05, 3.63) is 59.7 Å². The van der Waals surface area contributed by atoms with E-state index in [0.29, 0.717) is 13.2 Å². The molecule has 3 rings (SSSR count). The van der Waals surface area contributed by atoms with Crippen molar-refractivity contribution in [3.63, 3.8) is 0 Å². The molecule has 0 aromatic heterocycles. The minimum atomic E-state index is -0.559. The third-order valence-corrected chi connectivity index (χ3v) is 3.73. The van der Waals surface area contributed by atoms with Gasteiger partial charge in [-0.25, -0.2) is 0 Å². The first-order valence-corrected chi connectivity index (χ1v) is 7.03. The van der Waals surface area contributed by atoms with Crippen LogP contribution in [0.3, 0.4) is 0 Å². The summed E-state index contributed by atoms with van der Waals surface area (Å²) in [6.45, 7) is 2.94. The van der Waals surface area contributed by atoms with E-state index >= 15 is 0 Å². The zero-order valence-electron chi connectivity index (χ0n) is 12.0. The lowest BCUT2D eigenvalue weighted by atomic mass is 10.1. The molecule has 1 amide bonds. The Morgan fingerprint density at radius 2 is 1.90 bits per heavy atom. The van der Waals surface area contributed by atoms with E-state index in [1.54, 1.807) is 4.90 Å². The van der Waals surface area contributed by atoms with Gasteiger partial charge in [-0.15, -0.1) is 0 Å². The second-order valence-corrected chi connectivity index (χ2v) is 5.14. The second kappa shape index (κ2) is 5.58. The third kappa shape index (κ3) is 2.50. The van der Waals surface area contributed by atoms with Gasteiger partial charge in [-0.2, -0.15) is 0 Å². The van der Waals surface area contributed by atoms with Crippen LogP contribution in [-0.4, -0.2) is 19.1 Å². The summed E-state index contributed by atoms with van der Waals surface area (Å²) in [7, 11) is 0. The lowest BCUT2D eigenvalue weighted by Gasteiger charge is -2.19. The van der Waals surface area contributed by atoms with Crippen molar-refractivity contribution >= 4 is 11.6 Å². The van der Waals surface area contributed by atoms with Gasteiger partial charge < -0.3 is 15.4 Å². The Hall–Kier alpha value is -2.33. The first-order chi connectivity index (χ1) is 10.2. The smallest absolute Gasteiger partial charge is 0.248 e. The average Bonchev–Trinajstić information content (AvgIpc) is 2.75. The molecule has 0 aliphatic carbocycles. The number of rotatable bonds is 4. The van der Waals surface area contributed by atoms with E-state index in [0.717, 1.165) is 22.6 Å². The van der Waals surface area contributed by atoms with Gasteiger partial charge in [0.05, 0.1) is 12.2 Å². The van der Waals surface area contributed by atoms with E-state index in [1.807, 2.05) is 55.5 Å². The topological polar surface area (TPSA) is 55.6 Å². The molecule has 1 atom stereocenters. The van der Waals surface area contributed by atoms with Crippen LogP contribution in [0.25, 0.3) is 0 Å². The Balaban J connectivity index is 1.73. The van der Waals surface area contributed by atoms with E-state index in [1.165, 1.54) is 0 Å². The minimum absolute atomic E-state index is 0.0593. The first-order valence-electron chi connectivity index (χ1n) is 7.03. The van der Waals surface area contributed by atoms with Gasteiger partial charge in [0.25, 0.3) is 0 Å². The number of nitrogens with two attached hydrogens (primary N) is 1. The SMILES string of the molecule is Cc1cccc2c1N(CCOc1ccccc1)C(=O)C2N. The van der Waals surface area contributed by atoms with Crippen molar-refractivity contribution < 1.29 is 9.53 Å². The molecular weight excluding hydrogens is 264 g/mol. The fourth-order valence-electron chi connectivity index (χ4n) is 2.71. The fraction of sp³-hybridized carbons (Fsp3) is 0.235. The molecule has 2 N–H and O–H groups in total. The quantitative estimate of drug-likeness (QED) is 0.937. The summed E-state index contributed by atoms with van der Waals surface area (Å²) in [6.07, 6.45) is 0. The monoisotopic (exact) mass is 282 g/mol. The lowest BCUT2D eigenvalue weighted by molar-refractivity contribution is -0.119. The fourth-order valence-corrected chi connectivity index (χ4v) is 2.71. The highest BCUT2D eigenvalue weighted by Crippen LogP contribution is 2.36. The number of nitrogens with zero attached hydrogens (tertiary/aromatic N) is 1. The Labute approximate surface area is 124 Å². The van der Waals surface area contributed by atoms with Crippen LogP contribution >= 0.6 is 0 Å². The predicted molar refractivity (Wildman–Crippen MR) is 82.4 cm³/mol. The molecule has 1 aliphatic rings. The van der Waals surface area contributed by atoms with Gasteiger partial charge in [0.2, 0.25) is 5.91 Å². The van der Waals surface area contributed by atoms with Crippen LogP contribution in [0.2, 0.25) is 0 Å². The summed E-state index contributed by atoms with van der Waals surface area (Å²) < 4.78 is 5.67. The predicted octanol–water partition coefficient (Wildman–Crippen LogP) is 2.42. The minimum Gasteiger partial charge on any atom is -0.492 e. The molecule has 2 aromatic rings. The largest absolute Gasteiger partial charge is 0.492 e. The van der Waals surface area contributed by atoms with Crippen LogP contribution in [0.15, 0.2) is 48.5 Å². The number of aryl methyl sites for hydroxylation is 1. The van der Waals surface area contributed by atoms with Gasteiger partial charge in [0.15, 0.2) is 0 Å². The summed E-state index contributed by atoms with van der Waals surface area (Å²) in [4.78, 5) is 14.0. The average molecular weight is 282 g/mol. The second-order valence-electron chi connectivity index (χ2n) is 5.14. The highest BCUT2D eigenvalue weighted by molar-refractivity contribution is 6.05. The summed E-state index contributed by atoms with van der Waals surface area (Å²) in [6, 6.07) is 14.9. The van der Waals surface area contributed by atoms with Gasteiger partial charge >= 0.3 is 0 Å². The molecule has 0 saturated carbocycles. The number of hydrogen-bond donors (Lipinski definition) is 1. The number of carbonyl (C=O) groups excluding carboxylic acids is 1. The standard InChI is InChI=1S/C17H18N2O2/c1-12-6-5-9-14-15(18)17(20)19(16(12)14)10-11-21-13-7-3-2-4-8-13/h2-9,15H,10-11,18H2,1H3. The van der Waals surface area contributed by atoms with Crippen LogP contribution in [0.1, 0.15) is 17.2 Å². The van der Waals surface area contributed by atoms with Gasteiger partial charge in [0.1, 0.15) is 18.4 Å². The number of para-hydroxylation sites is 2. The van der Waals surface area contributed by atoms with Crippen molar-refractivity contribution in [2.45, 2.75) is 13.0 Å². The number of amides is 1. The van der Waals surface area contributed by atoms with E-state index in [9.17, 15) is 4.79 Å². The molecule has 0 spiro atoms. The molecule has 4 nitrogen and oxygen atoms in total. The van der Waals surface area contributed by atoms with E-state index in [-0.39, 0.29) is 5.91 Å². The van der Waals surface area contributed by atoms with Crippen LogP contribution in [0.4, 0.5) is 5.69 Å². The van der Waals surface area contributed by atoms with E-state index < -0.39 is 6.04 Å². The summed E-state index contributed by atoms with van der Waals surface area (Å²) in [5, 5.41) is 0. The van der Waals surface area contributed by atoms with Crippen molar-refractivity contribution in [3.8, 4) is 5.75 Å². The van der Waals surface area contributed by atoms with Crippen molar-refractivity contribution in [1.29, 1.82) is 0 Å². The van der Waals surface area contributed by atoms with E-state index in [2.05, 4.69) is 0 Å². The van der Waals surface area contributed by atoms with Gasteiger partial charge in [-0.3, -0.25) is 4.79 Å². The maximum atomic E-state index is 12.3. The molecule has 0 saturated heterocycles. The molecule has 4 heteroatoms. The Morgan fingerprint density at radius 1 is 1.14 bits per heavy atom. The summed E-state index contributed by atoms with van der Waals surface area (Å²) in [5.74, 6) is 0.745. The van der Waals surface area contributed by atoms with Crippen LogP contribution in [0.5, 0.6) is 5.75 Å². The summed E-state index contributed by atoms with van der Waals surface area (Å²) >= 11 is 0. The Bertz CT molecular complexity index is 655. The number of hydrogen-bond acceptors (Lipinski definition) is 3. The maximum absolute atomic E-state index is 12.3. The van der Waals surface area contributed by atoms with Crippen molar-refractivity contribution in [2.75, 3.05) is 18.1 Å². The molecule has 1 heterocycles. The molecule has 21 heavy (non-hydrogen) atoms. The number of fused-ring (bicyclic) bond motifs is 1. The van der Waals surface area contributed by atoms with Crippen molar-refractivity contribution in [1.82, 2.24) is 0 Å². The Kier molecular flexibility index (Phi) is 3.62. The highest BCUT2D eigenvalue weighted by atomic mass is 16.5. The Morgan fingerprint density at radius 3 is 2.67 bits per heavy atom. The highest BCUT2D eigenvalue weighted by Gasteiger charge is 2.35.